The number of nitrogens with zero attached hydrogens (tertiary/aromatic N) is 3. The second kappa shape index (κ2) is 19.2. The molecule has 0 spiro atoms. The normalized spacial score (nSPS) is 14.2. The highest BCUT2D eigenvalue weighted by Crippen LogP contribution is 2.31. The molecule has 3 rings (SSSR count). The largest absolute Gasteiger partial charge is 0.497 e. The minimum Gasteiger partial charge on any atom is -0.497 e. The zero-order valence-electron chi connectivity index (χ0n) is 23.2. The van der Waals surface area contributed by atoms with Crippen molar-refractivity contribution in [2.45, 2.75) is 30.6 Å². The number of amides is 1. The number of benzene rings is 2. The topological polar surface area (TPSA) is 126 Å². The molecule has 0 radical (unpaired) electrons. The molecule has 10 heteroatoms. The molecule has 0 aromatic heterocycles. The molecule has 5 N–H and O–H groups in total. The molecule has 0 unspecified atom stereocenters. The Hall–Kier alpha value is -2.92. The maximum absolute atomic E-state index is 11.4. The number of ether oxygens (including phenoxy) is 1. The molecule has 1 amide bonds. The van der Waals surface area contributed by atoms with Crippen LogP contribution in [0.3, 0.4) is 0 Å². The Morgan fingerprint density at radius 1 is 1.11 bits per heavy atom. The molecule has 38 heavy (non-hydrogen) atoms. The summed E-state index contributed by atoms with van der Waals surface area (Å²) in [5.74, 6) is 0.202. The Bertz CT molecular complexity index is 1040. The smallest absolute Gasteiger partial charge is 0.270 e. The number of nitrogens with two attached hydrogens (primary N) is 2. The first kappa shape index (κ1) is 33.1. The summed E-state index contributed by atoms with van der Waals surface area (Å²) in [6.45, 7) is 9.43. The van der Waals surface area contributed by atoms with Crippen molar-refractivity contribution in [3.8, 4) is 5.75 Å². The van der Waals surface area contributed by atoms with E-state index in [-0.39, 0.29) is 5.70 Å². The van der Waals surface area contributed by atoms with Gasteiger partial charge in [0.25, 0.3) is 5.91 Å². The van der Waals surface area contributed by atoms with E-state index < -0.39 is 5.91 Å². The van der Waals surface area contributed by atoms with Crippen LogP contribution in [0, 0.1) is 0 Å². The number of hydrogen-bond acceptors (Lipinski definition) is 9. The van der Waals surface area contributed by atoms with Crippen molar-refractivity contribution < 1.29 is 14.3 Å². The average Bonchev–Trinajstić information content (AvgIpc) is 2.94. The van der Waals surface area contributed by atoms with Crippen LogP contribution >= 0.6 is 11.8 Å². The van der Waals surface area contributed by atoms with Crippen molar-refractivity contribution in [2.24, 2.45) is 16.5 Å². The highest BCUT2D eigenvalue weighted by molar-refractivity contribution is 8.03. The molecule has 210 valence electrons. The number of thioether (sulfide) groups is 1. The molecule has 0 saturated carbocycles. The van der Waals surface area contributed by atoms with E-state index in [1.54, 1.807) is 14.2 Å². The molecule has 2 aromatic rings. The van der Waals surface area contributed by atoms with E-state index in [1.165, 1.54) is 64.4 Å². The number of primary amides is 1. The third-order valence-electron chi connectivity index (χ3n) is 5.96. The highest BCUT2D eigenvalue weighted by Gasteiger charge is 2.13. The predicted octanol–water partition coefficient (Wildman–Crippen LogP) is 3.08. The fraction of sp³-hybridized carbons (Fsp3) is 0.464. The summed E-state index contributed by atoms with van der Waals surface area (Å²) < 4.78 is 5.21. The Morgan fingerprint density at radius 3 is 2.34 bits per heavy atom. The Labute approximate surface area is 231 Å². The molecule has 1 aliphatic heterocycles. The molecule has 2 aromatic carbocycles. The third kappa shape index (κ3) is 11.6. The SMILES string of the molecule is C=N/C(C(N)=O)=C(/NC)Sc1ccc2cc(OC)ccc2c1.CN.CN1CCN(CCCCCC=O)CC1. The number of hydrogen-bond donors (Lipinski definition) is 3. The van der Waals surface area contributed by atoms with Gasteiger partial charge in [-0.2, -0.15) is 0 Å². The molecule has 1 heterocycles. The zero-order chi connectivity index (χ0) is 28.3. The van der Waals surface area contributed by atoms with E-state index in [2.05, 4.69) is 39.6 Å². The lowest BCUT2D eigenvalue weighted by molar-refractivity contribution is -0.114. The van der Waals surface area contributed by atoms with Crippen molar-refractivity contribution in [3.05, 3.63) is 47.1 Å². The number of aliphatic imine (C=N–C) groups is 1. The first-order valence-electron chi connectivity index (χ1n) is 12.8. The van der Waals surface area contributed by atoms with E-state index in [0.717, 1.165) is 40.5 Å². The number of rotatable bonds is 12. The standard InChI is InChI=1S/C16H17N3O2S.C11H22N2O.CH5N/c1-18-14(15(17)20)16(19-2)22-13-7-5-10-8-12(21-3)6-4-11(10)9-13;1-12-7-9-13(10-8-12)6-4-2-3-5-11-14;1-2/h4-9,19H,1H2,2-3H3,(H2,17,20);11H,2-10H2,1H3;2H2,1H3/b16-14-;;. The summed E-state index contributed by atoms with van der Waals surface area (Å²) in [7, 11) is 7.03. The van der Waals surface area contributed by atoms with Crippen molar-refractivity contribution >= 4 is 41.4 Å². The zero-order valence-corrected chi connectivity index (χ0v) is 24.1. The first-order valence-corrected chi connectivity index (χ1v) is 13.6. The van der Waals surface area contributed by atoms with Gasteiger partial charge in [-0.05, 0) is 75.2 Å². The number of carbonyl (C=O) groups excluding carboxylic acids is 2. The maximum atomic E-state index is 11.4. The molecule has 1 aliphatic rings. The number of methoxy groups -OCH3 is 1. The van der Waals surface area contributed by atoms with Gasteiger partial charge >= 0.3 is 0 Å². The Balaban J connectivity index is 0.000000389. The lowest BCUT2D eigenvalue weighted by Gasteiger charge is -2.32. The Morgan fingerprint density at radius 2 is 1.76 bits per heavy atom. The van der Waals surface area contributed by atoms with Crippen LogP contribution in [0.1, 0.15) is 25.7 Å². The van der Waals surface area contributed by atoms with E-state index >= 15 is 0 Å². The summed E-state index contributed by atoms with van der Waals surface area (Å²) in [6.07, 6.45) is 5.28. The minimum atomic E-state index is -0.614. The Kier molecular flexibility index (Phi) is 16.7. The van der Waals surface area contributed by atoms with Crippen LogP contribution < -0.4 is 21.5 Å². The van der Waals surface area contributed by atoms with Gasteiger partial charge in [-0.25, -0.2) is 0 Å². The minimum absolute atomic E-state index is 0.127. The van der Waals surface area contributed by atoms with Crippen LogP contribution in [-0.2, 0) is 9.59 Å². The van der Waals surface area contributed by atoms with Gasteiger partial charge in [0.1, 0.15) is 17.1 Å². The number of unbranched alkanes of at least 4 members (excludes halogenated alkanes) is 3. The summed E-state index contributed by atoms with van der Waals surface area (Å²) in [5, 5.41) is 5.66. The van der Waals surface area contributed by atoms with Crippen LogP contribution in [0.4, 0.5) is 0 Å². The fourth-order valence-electron chi connectivity index (χ4n) is 3.80. The average molecular weight is 545 g/mol. The molecule has 1 saturated heterocycles. The van der Waals surface area contributed by atoms with Gasteiger partial charge in [-0.15, -0.1) is 0 Å². The van der Waals surface area contributed by atoms with Crippen LogP contribution in [-0.4, -0.2) is 89.7 Å². The van der Waals surface area contributed by atoms with Gasteiger partial charge in [0.05, 0.1) is 7.11 Å². The lowest BCUT2D eigenvalue weighted by Crippen LogP contribution is -2.44. The number of likely N-dealkylation sites (N-methyl/N-ethyl adjacent to an activating group) is 1. The summed E-state index contributed by atoms with van der Waals surface area (Å²) in [4.78, 5) is 31.0. The monoisotopic (exact) mass is 544 g/mol. The van der Waals surface area contributed by atoms with E-state index in [9.17, 15) is 9.59 Å². The van der Waals surface area contributed by atoms with Crippen LogP contribution in [0.5, 0.6) is 5.75 Å². The van der Waals surface area contributed by atoms with Crippen molar-refractivity contribution in [1.82, 2.24) is 15.1 Å². The van der Waals surface area contributed by atoms with E-state index in [0.29, 0.717) is 5.03 Å². The number of nitrogens with one attached hydrogen (secondary N) is 1. The molecular formula is C28H44N6O3S. The van der Waals surface area contributed by atoms with Gasteiger partial charge in [0.15, 0.2) is 5.70 Å². The predicted molar refractivity (Wildman–Crippen MR) is 160 cm³/mol. The van der Waals surface area contributed by atoms with Crippen molar-refractivity contribution in [2.75, 3.05) is 61.0 Å². The third-order valence-corrected chi connectivity index (χ3v) is 7.06. The van der Waals surface area contributed by atoms with E-state index in [4.69, 9.17) is 10.5 Å². The number of aldehydes is 1. The van der Waals surface area contributed by atoms with Gasteiger partial charge in [-0.3, -0.25) is 9.79 Å². The molecule has 1 fully saturated rings. The second-order valence-electron chi connectivity index (χ2n) is 8.59. The summed E-state index contributed by atoms with van der Waals surface area (Å²) >= 11 is 1.38. The first-order chi connectivity index (χ1) is 18.4. The number of fused-ring (bicyclic) bond motifs is 1. The van der Waals surface area contributed by atoms with Crippen molar-refractivity contribution in [1.29, 1.82) is 0 Å². The highest BCUT2D eigenvalue weighted by atomic mass is 32.2. The number of piperazine rings is 1. The molecular weight excluding hydrogens is 500 g/mol. The van der Waals surface area contributed by atoms with Gasteiger partial charge in [0.2, 0.25) is 0 Å². The molecule has 0 aliphatic carbocycles. The molecule has 0 bridgehead atoms. The molecule has 0 atom stereocenters. The maximum Gasteiger partial charge on any atom is 0.270 e. The van der Waals surface area contributed by atoms with Crippen molar-refractivity contribution in [3.63, 3.8) is 0 Å². The summed E-state index contributed by atoms with van der Waals surface area (Å²) in [5.41, 5.74) is 9.93. The van der Waals surface area contributed by atoms with Gasteiger partial charge < -0.3 is 36.1 Å². The molecule has 9 nitrogen and oxygen atoms in total. The van der Waals surface area contributed by atoms with Gasteiger partial charge in [0, 0.05) is 44.5 Å². The van der Waals surface area contributed by atoms with Gasteiger partial charge in [-0.1, -0.05) is 30.3 Å². The quantitative estimate of drug-likeness (QED) is 0.122. The van der Waals surface area contributed by atoms with Crippen LogP contribution in [0.25, 0.3) is 10.8 Å². The van der Waals surface area contributed by atoms with Crippen LogP contribution in [0.15, 0.2) is 57.0 Å². The van der Waals surface area contributed by atoms with E-state index in [1.807, 2.05) is 36.4 Å². The lowest BCUT2D eigenvalue weighted by atomic mass is 10.1. The fourth-order valence-corrected chi connectivity index (χ4v) is 4.72. The number of carbonyl (C=O) groups is 2. The van der Waals surface area contributed by atoms with Crippen LogP contribution in [0.2, 0.25) is 0 Å². The summed E-state index contributed by atoms with van der Waals surface area (Å²) in [6, 6.07) is 11.9. The second-order valence-corrected chi connectivity index (χ2v) is 9.67.